The minimum atomic E-state index is -0.0553. The molecule has 0 aliphatic heterocycles. The first-order valence-electron chi connectivity index (χ1n) is 4.38. The average Bonchev–Trinajstić information content (AvgIpc) is 2.61. The van der Waals surface area contributed by atoms with Crippen LogP contribution in [0.25, 0.3) is 0 Å². The van der Waals surface area contributed by atoms with Crippen molar-refractivity contribution < 1.29 is 9.47 Å². The van der Waals surface area contributed by atoms with Gasteiger partial charge in [-0.15, -0.1) is 10.2 Å². The fourth-order valence-corrected chi connectivity index (χ4v) is 1.54. The minimum Gasteiger partial charge on any atom is -0.382 e. The summed E-state index contributed by atoms with van der Waals surface area (Å²) in [5.41, 5.74) is 5.65. The van der Waals surface area contributed by atoms with Gasteiger partial charge in [-0.05, 0) is 6.92 Å². The Morgan fingerprint density at radius 1 is 1.43 bits per heavy atom. The van der Waals surface area contributed by atoms with Gasteiger partial charge in [0, 0.05) is 7.11 Å². The zero-order valence-corrected chi connectivity index (χ0v) is 9.21. The molecule has 1 aromatic rings. The van der Waals surface area contributed by atoms with Gasteiger partial charge < -0.3 is 15.2 Å². The summed E-state index contributed by atoms with van der Waals surface area (Å²) in [4.78, 5) is 0. The summed E-state index contributed by atoms with van der Waals surface area (Å²) >= 11 is 1.49. The SMILES string of the molecule is COCCOCc1nnc(C(C)N)s1. The summed E-state index contributed by atoms with van der Waals surface area (Å²) < 4.78 is 10.1. The monoisotopic (exact) mass is 217 g/mol. The van der Waals surface area contributed by atoms with E-state index in [1.54, 1.807) is 7.11 Å². The predicted molar refractivity (Wildman–Crippen MR) is 54.0 cm³/mol. The van der Waals surface area contributed by atoms with Crippen LogP contribution in [0.15, 0.2) is 0 Å². The number of methoxy groups -OCH3 is 1. The molecule has 0 saturated carbocycles. The van der Waals surface area contributed by atoms with Crippen molar-refractivity contribution >= 4 is 11.3 Å². The van der Waals surface area contributed by atoms with Gasteiger partial charge in [0.15, 0.2) is 0 Å². The van der Waals surface area contributed by atoms with E-state index in [-0.39, 0.29) is 6.04 Å². The smallest absolute Gasteiger partial charge is 0.143 e. The zero-order valence-electron chi connectivity index (χ0n) is 8.40. The molecule has 0 bridgehead atoms. The Labute approximate surface area is 87.2 Å². The molecule has 0 radical (unpaired) electrons. The van der Waals surface area contributed by atoms with Crippen molar-refractivity contribution in [1.29, 1.82) is 0 Å². The van der Waals surface area contributed by atoms with E-state index in [0.29, 0.717) is 19.8 Å². The first kappa shape index (κ1) is 11.5. The topological polar surface area (TPSA) is 70.3 Å². The summed E-state index contributed by atoms with van der Waals surface area (Å²) in [6.45, 7) is 3.53. The summed E-state index contributed by atoms with van der Waals surface area (Å²) in [5.74, 6) is 0. The normalized spacial score (nSPS) is 13.1. The number of nitrogens with zero attached hydrogens (tertiary/aromatic N) is 2. The zero-order chi connectivity index (χ0) is 10.4. The van der Waals surface area contributed by atoms with Crippen LogP contribution in [0.4, 0.5) is 0 Å². The van der Waals surface area contributed by atoms with Crippen LogP contribution in [-0.2, 0) is 16.1 Å². The average molecular weight is 217 g/mol. The van der Waals surface area contributed by atoms with Crippen molar-refractivity contribution in [3.05, 3.63) is 10.0 Å². The molecule has 0 fully saturated rings. The molecule has 1 atom stereocenters. The Bertz CT molecular complexity index is 265. The highest BCUT2D eigenvalue weighted by Crippen LogP contribution is 2.15. The molecular formula is C8H15N3O2S. The Morgan fingerprint density at radius 2 is 2.21 bits per heavy atom. The lowest BCUT2D eigenvalue weighted by atomic mass is 10.4. The maximum absolute atomic E-state index is 5.65. The van der Waals surface area contributed by atoms with E-state index in [9.17, 15) is 0 Å². The van der Waals surface area contributed by atoms with E-state index >= 15 is 0 Å². The van der Waals surface area contributed by atoms with E-state index in [2.05, 4.69) is 10.2 Å². The Balaban J connectivity index is 2.29. The van der Waals surface area contributed by atoms with E-state index in [1.165, 1.54) is 11.3 Å². The molecule has 1 aromatic heterocycles. The molecular weight excluding hydrogens is 202 g/mol. The van der Waals surface area contributed by atoms with E-state index < -0.39 is 0 Å². The largest absolute Gasteiger partial charge is 0.382 e. The third-order valence-corrected chi connectivity index (χ3v) is 2.63. The van der Waals surface area contributed by atoms with Crippen molar-refractivity contribution in [2.45, 2.75) is 19.6 Å². The van der Waals surface area contributed by atoms with Gasteiger partial charge in [0.25, 0.3) is 0 Å². The van der Waals surface area contributed by atoms with Crippen LogP contribution in [0.5, 0.6) is 0 Å². The molecule has 1 unspecified atom stereocenters. The Morgan fingerprint density at radius 3 is 2.79 bits per heavy atom. The molecule has 0 saturated heterocycles. The van der Waals surface area contributed by atoms with Crippen molar-refractivity contribution in [2.75, 3.05) is 20.3 Å². The lowest BCUT2D eigenvalue weighted by Gasteiger charge is -1.99. The highest BCUT2D eigenvalue weighted by atomic mass is 32.1. The van der Waals surface area contributed by atoms with Crippen molar-refractivity contribution in [3.63, 3.8) is 0 Å². The molecule has 0 amide bonds. The number of nitrogens with two attached hydrogens (primary N) is 1. The molecule has 6 heteroatoms. The van der Waals surface area contributed by atoms with Crippen LogP contribution in [0, 0.1) is 0 Å². The lowest BCUT2D eigenvalue weighted by molar-refractivity contribution is 0.0613. The van der Waals surface area contributed by atoms with E-state index in [1.807, 2.05) is 6.92 Å². The molecule has 0 spiro atoms. The second kappa shape index (κ2) is 6.02. The number of hydrogen-bond acceptors (Lipinski definition) is 6. The fraction of sp³-hybridized carbons (Fsp3) is 0.750. The minimum absolute atomic E-state index is 0.0553. The number of hydrogen-bond donors (Lipinski definition) is 1. The number of rotatable bonds is 6. The molecule has 14 heavy (non-hydrogen) atoms. The van der Waals surface area contributed by atoms with E-state index in [0.717, 1.165) is 10.0 Å². The first-order chi connectivity index (χ1) is 6.74. The van der Waals surface area contributed by atoms with Crippen molar-refractivity contribution in [3.8, 4) is 0 Å². The van der Waals surface area contributed by atoms with Crippen LogP contribution in [0.3, 0.4) is 0 Å². The van der Waals surface area contributed by atoms with Crippen LogP contribution in [0.1, 0.15) is 23.0 Å². The maximum Gasteiger partial charge on any atom is 0.143 e. The third-order valence-electron chi connectivity index (χ3n) is 1.53. The van der Waals surface area contributed by atoms with Gasteiger partial charge in [-0.3, -0.25) is 0 Å². The maximum atomic E-state index is 5.65. The quantitative estimate of drug-likeness (QED) is 0.711. The molecule has 1 heterocycles. The standard InChI is InChI=1S/C8H15N3O2S/c1-6(9)8-11-10-7(14-8)5-13-4-3-12-2/h6H,3-5,9H2,1-2H3. The highest BCUT2D eigenvalue weighted by molar-refractivity contribution is 7.11. The van der Waals surface area contributed by atoms with Crippen LogP contribution >= 0.6 is 11.3 Å². The third kappa shape index (κ3) is 3.67. The van der Waals surface area contributed by atoms with Crippen LogP contribution in [0.2, 0.25) is 0 Å². The van der Waals surface area contributed by atoms with E-state index in [4.69, 9.17) is 15.2 Å². The van der Waals surface area contributed by atoms with Crippen LogP contribution < -0.4 is 5.73 Å². The molecule has 1 rings (SSSR count). The molecule has 0 aliphatic carbocycles. The Kier molecular flexibility index (Phi) is 4.95. The van der Waals surface area contributed by atoms with Crippen molar-refractivity contribution in [1.82, 2.24) is 10.2 Å². The van der Waals surface area contributed by atoms with Gasteiger partial charge in [0.2, 0.25) is 0 Å². The summed E-state index contributed by atoms with van der Waals surface area (Å²) in [6.07, 6.45) is 0. The number of ether oxygens (including phenoxy) is 2. The van der Waals surface area contributed by atoms with Crippen molar-refractivity contribution in [2.24, 2.45) is 5.73 Å². The molecule has 0 aromatic carbocycles. The predicted octanol–water partition coefficient (Wildman–Crippen LogP) is 0.721. The van der Waals surface area contributed by atoms with Gasteiger partial charge in [0.1, 0.15) is 16.6 Å². The highest BCUT2D eigenvalue weighted by Gasteiger charge is 2.07. The van der Waals surface area contributed by atoms with Gasteiger partial charge in [-0.2, -0.15) is 0 Å². The molecule has 0 aliphatic rings. The second-order valence-corrected chi connectivity index (χ2v) is 3.96. The van der Waals surface area contributed by atoms with Gasteiger partial charge >= 0.3 is 0 Å². The van der Waals surface area contributed by atoms with Gasteiger partial charge in [-0.25, -0.2) is 0 Å². The van der Waals surface area contributed by atoms with Crippen LogP contribution in [-0.4, -0.2) is 30.5 Å². The molecule has 80 valence electrons. The first-order valence-corrected chi connectivity index (χ1v) is 5.20. The lowest BCUT2D eigenvalue weighted by Crippen LogP contribution is -2.03. The summed E-state index contributed by atoms with van der Waals surface area (Å²) in [5, 5.41) is 9.60. The molecule has 5 nitrogen and oxygen atoms in total. The molecule has 2 N–H and O–H groups in total. The Hall–Kier alpha value is -0.560. The fourth-order valence-electron chi connectivity index (χ4n) is 0.811. The summed E-state index contributed by atoms with van der Waals surface area (Å²) in [7, 11) is 1.64. The summed E-state index contributed by atoms with van der Waals surface area (Å²) in [6, 6.07) is -0.0553. The van der Waals surface area contributed by atoms with Gasteiger partial charge in [0.05, 0.1) is 19.3 Å². The van der Waals surface area contributed by atoms with Gasteiger partial charge in [-0.1, -0.05) is 11.3 Å². The second-order valence-electron chi connectivity index (χ2n) is 2.87. The number of aromatic nitrogens is 2.